The molecule has 2 fully saturated rings. The molecule has 0 saturated carbocycles. The Hall–Kier alpha value is -1.56. The Morgan fingerprint density at radius 2 is 2.00 bits per heavy atom. The SMILES string of the molecule is Cc1nc(N2CCC3(CCCO3)CC2)c(=O)[nH]c1-c1cccc(Cl)c1Cl. The first-order valence-electron chi connectivity index (χ1n) is 8.93. The number of hydrogen-bond donors (Lipinski definition) is 1. The van der Waals surface area contributed by atoms with Gasteiger partial charge in [-0.1, -0.05) is 35.3 Å². The molecule has 1 aromatic carbocycles. The molecule has 3 heterocycles. The largest absolute Gasteiger partial charge is 0.375 e. The van der Waals surface area contributed by atoms with Crippen molar-refractivity contribution in [3.05, 3.63) is 44.3 Å². The minimum atomic E-state index is -0.204. The molecule has 26 heavy (non-hydrogen) atoms. The Balaban J connectivity index is 1.63. The topological polar surface area (TPSA) is 58.2 Å². The molecule has 7 heteroatoms. The number of H-pyrrole nitrogens is 1. The summed E-state index contributed by atoms with van der Waals surface area (Å²) in [4.78, 5) is 22.3. The number of ether oxygens (including phenoxy) is 1. The maximum absolute atomic E-state index is 12.7. The maximum atomic E-state index is 12.7. The molecule has 2 aromatic rings. The predicted octanol–water partition coefficient (Wildman–Crippen LogP) is 4.20. The van der Waals surface area contributed by atoms with Gasteiger partial charge in [0.25, 0.3) is 5.56 Å². The summed E-state index contributed by atoms with van der Waals surface area (Å²) in [6.45, 7) is 4.30. The van der Waals surface area contributed by atoms with E-state index in [1.807, 2.05) is 13.0 Å². The van der Waals surface area contributed by atoms with Crippen molar-refractivity contribution >= 4 is 29.0 Å². The van der Waals surface area contributed by atoms with E-state index in [1.165, 1.54) is 0 Å². The van der Waals surface area contributed by atoms with Gasteiger partial charge in [-0.25, -0.2) is 4.98 Å². The number of nitrogens with zero attached hydrogens (tertiary/aromatic N) is 2. The Kier molecular flexibility index (Phi) is 4.71. The summed E-state index contributed by atoms with van der Waals surface area (Å²) in [7, 11) is 0. The molecule has 0 unspecified atom stereocenters. The van der Waals surface area contributed by atoms with Crippen molar-refractivity contribution in [1.82, 2.24) is 9.97 Å². The fourth-order valence-electron chi connectivity index (χ4n) is 3.97. The van der Waals surface area contributed by atoms with Crippen LogP contribution in [0.5, 0.6) is 0 Å². The molecule has 0 radical (unpaired) electrons. The molecule has 0 aliphatic carbocycles. The van der Waals surface area contributed by atoms with E-state index in [0.29, 0.717) is 27.1 Å². The highest BCUT2D eigenvalue weighted by atomic mass is 35.5. The smallest absolute Gasteiger partial charge is 0.291 e. The monoisotopic (exact) mass is 393 g/mol. The zero-order valence-electron chi connectivity index (χ0n) is 14.6. The van der Waals surface area contributed by atoms with E-state index >= 15 is 0 Å². The number of halogens is 2. The van der Waals surface area contributed by atoms with Crippen molar-refractivity contribution < 1.29 is 4.74 Å². The Bertz CT molecular complexity index is 881. The van der Waals surface area contributed by atoms with Crippen molar-refractivity contribution in [3.63, 3.8) is 0 Å². The van der Waals surface area contributed by atoms with Crippen LogP contribution in [0.3, 0.4) is 0 Å². The van der Waals surface area contributed by atoms with E-state index in [1.54, 1.807) is 12.1 Å². The Morgan fingerprint density at radius 3 is 2.69 bits per heavy atom. The number of anilines is 1. The molecule has 2 aliphatic rings. The first-order chi connectivity index (χ1) is 12.5. The first kappa shape index (κ1) is 17.8. The maximum Gasteiger partial charge on any atom is 0.291 e. The summed E-state index contributed by atoms with van der Waals surface area (Å²) in [6.07, 6.45) is 4.13. The zero-order chi connectivity index (χ0) is 18.3. The number of rotatable bonds is 2. The van der Waals surface area contributed by atoms with Crippen LogP contribution in [0.25, 0.3) is 11.3 Å². The molecule has 5 nitrogen and oxygen atoms in total. The Morgan fingerprint density at radius 1 is 1.23 bits per heavy atom. The third-order valence-corrected chi connectivity index (χ3v) is 6.28. The number of hydrogen-bond acceptors (Lipinski definition) is 4. The average Bonchev–Trinajstić information content (AvgIpc) is 3.08. The highest BCUT2D eigenvalue weighted by Crippen LogP contribution is 2.37. The molecule has 0 atom stereocenters. The van der Waals surface area contributed by atoms with E-state index in [9.17, 15) is 4.79 Å². The van der Waals surface area contributed by atoms with Crippen molar-refractivity contribution in [2.45, 2.75) is 38.2 Å². The van der Waals surface area contributed by atoms with Gasteiger partial charge in [0.2, 0.25) is 0 Å². The van der Waals surface area contributed by atoms with Crippen molar-refractivity contribution in [1.29, 1.82) is 0 Å². The quantitative estimate of drug-likeness (QED) is 0.830. The van der Waals surface area contributed by atoms with Crippen LogP contribution in [0.4, 0.5) is 5.82 Å². The summed E-state index contributed by atoms with van der Waals surface area (Å²) in [6, 6.07) is 5.36. The lowest BCUT2D eigenvalue weighted by molar-refractivity contribution is -0.0147. The van der Waals surface area contributed by atoms with Gasteiger partial charge in [0.15, 0.2) is 5.82 Å². The molecule has 2 saturated heterocycles. The third-order valence-electron chi connectivity index (χ3n) is 5.46. The van der Waals surface area contributed by atoms with Crippen LogP contribution in [0, 0.1) is 6.92 Å². The summed E-state index contributed by atoms with van der Waals surface area (Å²) >= 11 is 12.4. The number of aryl methyl sites for hydroxylation is 1. The van der Waals surface area contributed by atoms with E-state index < -0.39 is 0 Å². The molecular weight excluding hydrogens is 373 g/mol. The highest BCUT2D eigenvalue weighted by Gasteiger charge is 2.39. The lowest BCUT2D eigenvalue weighted by Crippen LogP contribution is -2.46. The van der Waals surface area contributed by atoms with Gasteiger partial charge in [-0.2, -0.15) is 0 Å². The number of benzene rings is 1. The molecule has 1 N–H and O–H groups in total. The second kappa shape index (κ2) is 6.87. The molecule has 0 amide bonds. The van der Waals surface area contributed by atoms with Crippen LogP contribution in [0.1, 0.15) is 31.4 Å². The summed E-state index contributed by atoms with van der Waals surface area (Å²) in [5.74, 6) is 0.470. The average molecular weight is 394 g/mol. The second-order valence-electron chi connectivity index (χ2n) is 7.07. The van der Waals surface area contributed by atoms with Crippen LogP contribution >= 0.6 is 23.2 Å². The molecule has 138 valence electrons. The van der Waals surface area contributed by atoms with Crippen molar-refractivity contribution in [3.8, 4) is 11.3 Å². The minimum Gasteiger partial charge on any atom is -0.375 e. The molecule has 1 spiro atoms. The van der Waals surface area contributed by atoms with E-state index in [4.69, 9.17) is 27.9 Å². The number of nitrogens with one attached hydrogen (secondary N) is 1. The molecule has 4 rings (SSSR count). The van der Waals surface area contributed by atoms with Gasteiger partial charge < -0.3 is 14.6 Å². The van der Waals surface area contributed by atoms with E-state index in [2.05, 4.69) is 14.9 Å². The van der Waals surface area contributed by atoms with E-state index in [0.717, 1.165) is 51.1 Å². The molecule has 0 bridgehead atoms. The number of aromatic nitrogens is 2. The summed E-state index contributed by atoms with van der Waals surface area (Å²) < 4.78 is 5.96. The van der Waals surface area contributed by atoms with E-state index in [-0.39, 0.29) is 11.2 Å². The molecule has 1 aromatic heterocycles. The predicted molar refractivity (Wildman–Crippen MR) is 104 cm³/mol. The fourth-order valence-corrected chi connectivity index (χ4v) is 4.37. The summed E-state index contributed by atoms with van der Waals surface area (Å²) in [5, 5.41) is 0.868. The van der Waals surface area contributed by atoms with Crippen LogP contribution in [-0.4, -0.2) is 35.3 Å². The second-order valence-corrected chi connectivity index (χ2v) is 7.86. The van der Waals surface area contributed by atoms with Crippen LogP contribution < -0.4 is 10.5 Å². The van der Waals surface area contributed by atoms with Gasteiger partial charge in [-0.3, -0.25) is 4.79 Å². The number of piperidine rings is 1. The van der Waals surface area contributed by atoms with Crippen LogP contribution in [-0.2, 0) is 4.74 Å². The molecular formula is C19H21Cl2N3O2. The van der Waals surface area contributed by atoms with Crippen molar-refractivity contribution in [2.24, 2.45) is 0 Å². The van der Waals surface area contributed by atoms with Gasteiger partial charge in [0, 0.05) is 25.3 Å². The lowest BCUT2D eigenvalue weighted by Gasteiger charge is -2.38. The Labute approximate surface area is 162 Å². The fraction of sp³-hybridized carbons (Fsp3) is 0.474. The third kappa shape index (κ3) is 3.13. The minimum absolute atomic E-state index is 0.0204. The lowest BCUT2D eigenvalue weighted by atomic mass is 9.89. The molecule has 2 aliphatic heterocycles. The normalized spacial score (nSPS) is 19.3. The van der Waals surface area contributed by atoms with Gasteiger partial charge in [0.05, 0.1) is 27.0 Å². The number of aromatic amines is 1. The van der Waals surface area contributed by atoms with Gasteiger partial charge >= 0.3 is 0 Å². The summed E-state index contributed by atoms with van der Waals surface area (Å²) in [5.41, 5.74) is 1.83. The van der Waals surface area contributed by atoms with Crippen LogP contribution in [0.15, 0.2) is 23.0 Å². The zero-order valence-corrected chi connectivity index (χ0v) is 16.2. The highest BCUT2D eigenvalue weighted by molar-refractivity contribution is 6.43. The van der Waals surface area contributed by atoms with Crippen LogP contribution in [0.2, 0.25) is 10.0 Å². The van der Waals surface area contributed by atoms with Gasteiger partial charge in [0.1, 0.15) is 0 Å². The first-order valence-corrected chi connectivity index (χ1v) is 9.69. The van der Waals surface area contributed by atoms with Gasteiger partial charge in [-0.15, -0.1) is 0 Å². The standard InChI is InChI=1S/C19H21Cl2N3O2/c1-12-16(13-4-2-5-14(20)15(13)21)23-18(25)17(22-12)24-9-7-19(8-10-24)6-3-11-26-19/h2,4-5H,3,6-11H2,1H3,(H,23,25). The van der Waals surface area contributed by atoms with Gasteiger partial charge in [-0.05, 0) is 38.7 Å². The van der Waals surface area contributed by atoms with Crippen molar-refractivity contribution in [2.75, 3.05) is 24.6 Å².